The summed E-state index contributed by atoms with van der Waals surface area (Å²) in [6.45, 7) is 4.49. The maximum absolute atomic E-state index is 11.7. The van der Waals surface area contributed by atoms with Gasteiger partial charge in [-0.2, -0.15) is 0 Å². The Morgan fingerprint density at radius 2 is 1.61 bits per heavy atom. The molecule has 1 rings (SSSR count). The van der Waals surface area contributed by atoms with Crippen LogP contribution in [-0.4, -0.2) is 10.9 Å². The molecule has 0 aliphatic heterocycles. The van der Waals surface area contributed by atoms with Gasteiger partial charge in [0.15, 0.2) is 0 Å². The van der Waals surface area contributed by atoms with Crippen LogP contribution in [0.3, 0.4) is 0 Å². The third-order valence-electron chi connectivity index (χ3n) is 3.69. The van der Waals surface area contributed by atoms with E-state index < -0.39 is 4.92 Å². The lowest BCUT2D eigenvalue weighted by atomic mass is 10.0. The molecule has 23 heavy (non-hydrogen) atoms. The highest BCUT2D eigenvalue weighted by atomic mass is 16.6. The van der Waals surface area contributed by atoms with Gasteiger partial charge in [-0.25, -0.2) is 0 Å². The van der Waals surface area contributed by atoms with Gasteiger partial charge in [0.05, 0.1) is 4.92 Å². The molecule has 0 N–H and O–H groups in total. The largest absolute Gasteiger partial charge is 0.427 e. The molecule has 0 fully saturated rings. The van der Waals surface area contributed by atoms with Gasteiger partial charge >= 0.3 is 5.97 Å². The zero-order valence-corrected chi connectivity index (χ0v) is 14.1. The fourth-order valence-electron chi connectivity index (χ4n) is 2.35. The molecule has 0 aliphatic rings. The van der Waals surface area contributed by atoms with Crippen molar-refractivity contribution in [1.29, 1.82) is 0 Å². The summed E-state index contributed by atoms with van der Waals surface area (Å²) in [7, 11) is 0. The van der Waals surface area contributed by atoms with E-state index in [0.29, 0.717) is 12.2 Å². The third kappa shape index (κ3) is 8.96. The molecule has 0 aliphatic carbocycles. The number of ether oxygens (including phenoxy) is 1. The Bertz CT molecular complexity index is 482. The molecular formula is C18H27NO4. The number of carbonyl (C=O) groups excluding carboxylic acids is 1. The summed E-state index contributed by atoms with van der Waals surface area (Å²) < 4.78 is 5.16. The van der Waals surface area contributed by atoms with Crippen molar-refractivity contribution in [2.45, 2.75) is 65.2 Å². The van der Waals surface area contributed by atoms with Gasteiger partial charge in [-0.15, -0.1) is 0 Å². The van der Waals surface area contributed by atoms with Crippen molar-refractivity contribution >= 4 is 11.7 Å². The second-order valence-electron chi connectivity index (χ2n) is 6.28. The molecule has 0 radical (unpaired) electrons. The molecule has 0 aromatic heterocycles. The van der Waals surface area contributed by atoms with E-state index in [1.807, 2.05) is 0 Å². The highest BCUT2D eigenvalue weighted by molar-refractivity contribution is 5.72. The second-order valence-corrected chi connectivity index (χ2v) is 6.28. The minimum absolute atomic E-state index is 0.0118. The van der Waals surface area contributed by atoms with Crippen LogP contribution >= 0.6 is 0 Å². The first-order valence-corrected chi connectivity index (χ1v) is 8.44. The Hall–Kier alpha value is -1.91. The number of nitro benzene ring substituents is 1. The van der Waals surface area contributed by atoms with Crippen molar-refractivity contribution in [3.63, 3.8) is 0 Å². The van der Waals surface area contributed by atoms with Crippen LogP contribution in [0, 0.1) is 16.0 Å². The van der Waals surface area contributed by atoms with E-state index in [2.05, 4.69) is 13.8 Å². The second kappa shape index (κ2) is 10.8. The monoisotopic (exact) mass is 321 g/mol. The Kier molecular flexibility index (Phi) is 8.95. The summed E-state index contributed by atoms with van der Waals surface area (Å²) in [5.74, 6) is 0.858. The number of nitrogens with zero attached hydrogens (tertiary/aromatic N) is 1. The van der Waals surface area contributed by atoms with Crippen molar-refractivity contribution in [3.8, 4) is 5.75 Å². The average molecular weight is 321 g/mol. The first-order chi connectivity index (χ1) is 11.0. The van der Waals surface area contributed by atoms with E-state index >= 15 is 0 Å². The fourth-order valence-corrected chi connectivity index (χ4v) is 2.35. The molecule has 0 unspecified atom stereocenters. The summed E-state index contributed by atoms with van der Waals surface area (Å²) >= 11 is 0. The van der Waals surface area contributed by atoms with E-state index in [4.69, 9.17) is 4.74 Å². The molecule has 5 heteroatoms. The maximum Gasteiger partial charge on any atom is 0.311 e. The van der Waals surface area contributed by atoms with E-state index in [0.717, 1.165) is 25.2 Å². The van der Waals surface area contributed by atoms with Crippen molar-refractivity contribution in [2.75, 3.05) is 0 Å². The Labute approximate surface area is 138 Å². The number of hydrogen-bond acceptors (Lipinski definition) is 4. The van der Waals surface area contributed by atoms with Crippen LogP contribution in [0.2, 0.25) is 0 Å². The summed E-state index contributed by atoms with van der Waals surface area (Å²) in [5, 5.41) is 10.5. The van der Waals surface area contributed by atoms with Gasteiger partial charge in [-0.3, -0.25) is 14.9 Å². The van der Waals surface area contributed by atoms with Crippen molar-refractivity contribution < 1.29 is 14.5 Å². The van der Waals surface area contributed by atoms with Gasteiger partial charge < -0.3 is 4.74 Å². The van der Waals surface area contributed by atoms with Gasteiger partial charge in [0, 0.05) is 18.6 Å². The van der Waals surface area contributed by atoms with Gasteiger partial charge in [0.2, 0.25) is 0 Å². The van der Waals surface area contributed by atoms with E-state index in [9.17, 15) is 14.9 Å². The average Bonchev–Trinajstić information content (AvgIpc) is 2.50. The zero-order chi connectivity index (χ0) is 17.1. The molecule has 0 amide bonds. The van der Waals surface area contributed by atoms with Crippen LogP contribution in [0.5, 0.6) is 5.75 Å². The van der Waals surface area contributed by atoms with Crippen LogP contribution in [0.1, 0.15) is 65.2 Å². The molecule has 128 valence electrons. The fraction of sp³-hybridized carbons (Fsp3) is 0.611. The molecular weight excluding hydrogens is 294 g/mol. The van der Waals surface area contributed by atoms with Crippen molar-refractivity contribution in [2.24, 2.45) is 5.92 Å². The first-order valence-electron chi connectivity index (χ1n) is 8.44. The molecule has 1 aromatic rings. The lowest BCUT2D eigenvalue weighted by Crippen LogP contribution is -2.07. The summed E-state index contributed by atoms with van der Waals surface area (Å²) in [5.41, 5.74) is -0.0118. The van der Waals surface area contributed by atoms with Gasteiger partial charge in [-0.05, 0) is 24.5 Å². The molecule has 1 aromatic carbocycles. The standard InChI is InChI=1S/C18H27NO4/c1-15(2)9-7-5-3-4-6-8-10-18(20)23-17-13-11-16(12-14-17)19(21)22/h11-15H,3-10H2,1-2H3. The van der Waals surface area contributed by atoms with Crippen LogP contribution in [0.4, 0.5) is 5.69 Å². The summed E-state index contributed by atoms with van der Waals surface area (Å²) in [6.07, 6.45) is 8.50. The predicted octanol–water partition coefficient (Wildman–Crippen LogP) is 5.28. The highest BCUT2D eigenvalue weighted by Gasteiger charge is 2.08. The van der Waals surface area contributed by atoms with E-state index in [1.54, 1.807) is 0 Å². The normalized spacial score (nSPS) is 10.7. The Morgan fingerprint density at radius 1 is 1.04 bits per heavy atom. The van der Waals surface area contributed by atoms with Gasteiger partial charge in [0.25, 0.3) is 5.69 Å². The topological polar surface area (TPSA) is 69.4 Å². The van der Waals surface area contributed by atoms with Crippen molar-refractivity contribution in [1.82, 2.24) is 0 Å². The summed E-state index contributed by atoms with van der Waals surface area (Å²) in [6, 6.07) is 5.56. The zero-order valence-electron chi connectivity index (χ0n) is 14.1. The molecule has 0 saturated carbocycles. The molecule has 0 spiro atoms. The number of rotatable bonds is 11. The molecule has 0 saturated heterocycles. The maximum atomic E-state index is 11.7. The summed E-state index contributed by atoms with van der Waals surface area (Å²) in [4.78, 5) is 21.7. The number of non-ortho nitro benzene ring substituents is 1. The smallest absolute Gasteiger partial charge is 0.311 e. The lowest BCUT2D eigenvalue weighted by molar-refractivity contribution is -0.384. The number of hydrogen-bond donors (Lipinski definition) is 0. The number of carbonyl (C=O) groups is 1. The molecule has 0 heterocycles. The number of benzene rings is 1. The van der Waals surface area contributed by atoms with Crippen molar-refractivity contribution in [3.05, 3.63) is 34.4 Å². The number of nitro groups is 1. The minimum atomic E-state index is -0.479. The van der Waals surface area contributed by atoms with Crippen LogP contribution in [0.25, 0.3) is 0 Å². The Balaban J connectivity index is 2.09. The third-order valence-corrected chi connectivity index (χ3v) is 3.69. The predicted molar refractivity (Wildman–Crippen MR) is 90.5 cm³/mol. The molecule has 0 bridgehead atoms. The van der Waals surface area contributed by atoms with Crippen LogP contribution in [-0.2, 0) is 4.79 Å². The van der Waals surface area contributed by atoms with Crippen LogP contribution < -0.4 is 4.74 Å². The highest BCUT2D eigenvalue weighted by Crippen LogP contribution is 2.18. The SMILES string of the molecule is CC(C)CCCCCCCCC(=O)Oc1ccc([N+](=O)[O-])cc1. The van der Waals surface area contributed by atoms with Gasteiger partial charge in [-0.1, -0.05) is 52.4 Å². The molecule has 0 atom stereocenters. The van der Waals surface area contributed by atoms with E-state index in [1.165, 1.54) is 49.9 Å². The van der Waals surface area contributed by atoms with Gasteiger partial charge in [0.1, 0.15) is 5.75 Å². The van der Waals surface area contributed by atoms with E-state index in [-0.39, 0.29) is 11.7 Å². The lowest BCUT2D eigenvalue weighted by Gasteiger charge is -2.05. The minimum Gasteiger partial charge on any atom is -0.427 e. The Morgan fingerprint density at radius 3 is 2.17 bits per heavy atom. The first kappa shape index (κ1) is 19.1. The quantitative estimate of drug-likeness (QED) is 0.183. The molecule has 5 nitrogen and oxygen atoms in total. The number of unbranched alkanes of at least 4 members (excludes halogenated alkanes) is 5. The number of esters is 1. The van der Waals surface area contributed by atoms with Crippen LogP contribution in [0.15, 0.2) is 24.3 Å².